The summed E-state index contributed by atoms with van der Waals surface area (Å²) in [5.74, 6) is 1.02. The SMILES string of the molecule is O=C(Nc1ccc(Oc2cccc(Br)c2)nc1)c1cccs1. The minimum absolute atomic E-state index is 0.141. The van der Waals surface area contributed by atoms with Crippen LogP contribution >= 0.6 is 27.3 Å². The minimum Gasteiger partial charge on any atom is -0.439 e. The van der Waals surface area contributed by atoms with Crippen LogP contribution in [0.4, 0.5) is 5.69 Å². The number of benzene rings is 1. The fourth-order valence-electron chi connectivity index (χ4n) is 1.77. The second-order valence-corrected chi connectivity index (χ2v) is 6.24. The van der Waals surface area contributed by atoms with Gasteiger partial charge in [-0.2, -0.15) is 0 Å². The third kappa shape index (κ3) is 3.72. The lowest BCUT2D eigenvalue weighted by Crippen LogP contribution is -2.10. The van der Waals surface area contributed by atoms with Gasteiger partial charge in [0, 0.05) is 10.5 Å². The summed E-state index contributed by atoms with van der Waals surface area (Å²) in [4.78, 5) is 16.8. The molecule has 1 amide bonds. The summed E-state index contributed by atoms with van der Waals surface area (Å²) >= 11 is 4.78. The van der Waals surface area contributed by atoms with Crippen LogP contribution in [0.2, 0.25) is 0 Å². The molecule has 2 heterocycles. The molecule has 6 heteroatoms. The van der Waals surface area contributed by atoms with Crippen LogP contribution in [0.15, 0.2) is 64.6 Å². The molecule has 0 radical (unpaired) electrons. The number of halogens is 1. The number of anilines is 1. The molecule has 0 fully saturated rings. The van der Waals surface area contributed by atoms with E-state index in [1.165, 1.54) is 11.3 Å². The summed E-state index contributed by atoms with van der Waals surface area (Å²) in [6.07, 6.45) is 1.57. The number of carbonyl (C=O) groups is 1. The van der Waals surface area contributed by atoms with Crippen molar-refractivity contribution in [3.63, 3.8) is 0 Å². The molecule has 22 heavy (non-hydrogen) atoms. The van der Waals surface area contributed by atoms with Gasteiger partial charge in [-0.05, 0) is 35.7 Å². The van der Waals surface area contributed by atoms with E-state index in [0.717, 1.165) is 4.47 Å². The van der Waals surface area contributed by atoms with Crippen LogP contribution < -0.4 is 10.1 Å². The van der Waals surface area contributed by atoms with Crippen molar-refractivity contribution >= 4 is 38.9 Å². The molecule has 3 rings (SSSR count). The molecule has 0 bridgehead atoms. The number of ether oxygens (including phenoxy) is 1. The third-order valence-corrected chi connectivity index (χ3v) is 4.12. The number of hydrogen-bond donors (Lipinski definition) is 1. The first-order valence-corrected chi connectivity index (χ1v) is 8.12. The molecule has 1 aromatic carbocycles. The molecule has 0 saturated heterocycles. The smallest absolute Gasteiger partial charge is 0.265 e. The second-order valence-electron chi connectivity index (χ2n) is 4.38. The van der Waals surface area contributed by atoms with Gasteiger partial charge < -0.3 is 10.1 Å². The van der Waals surface area contributed by atoms with Crippen LogP contribution in [-0.2, 0) is 0 Å². The Balaban J connectivity index is 1.66. The van der Waals surface area contributed by atoms with Gasteiger partial charge in [0.15, 0.2) is 0 Å². The normalized spacial score (nSPS) is 10.2. The van der Waals surface area contributed by atoms with Gasteiger partial charge in [0.1, 0.15) is 5.75 Å². The van der Waals surface area contributed by atoms with Crippen molar-refractivity contribution in [2.45, 2.75) is 0 Å². The Hall–Kier alpha value is -2.18. The largest absolute Gasteiger partial charge is 0.439 e. The molecular weight excluding hydrogens is 364 g/mol. The summed E-state index contributed by atoms with van der Waals surface area (Å²) in [5.41, 5.74) is 0.625. The molecule has 0 aliphatic rings. The van der Waals surface area contributed by atoms with E-state index < -0.39 is 0 Å². The number of rotatable bonds is 4. The van der Waals surface area contributed by atoms with Crippen LogP contribution in [0.1, 0.15) is 9.67 Å². The quantitative estimate of drug-likeness (QED) is 0.702. The zero-order valence-electron chi connectivity index (χ0n) is 11.3. The van der Waals surface area contributed by atoms with Gasteiger partial charge in [-0.15, -0.1) is 11.3 Å². The van der Waals surface area contributed by atoms with Crippen molar-refractivity contribution in [1.82, 2.24) is 4.98 Å². The van der Waals surface area contributed by atoms with Crippen molar-refractivity contribution in [2.75, 3.05) is 5.32 Å². The summed E-state index contributed by atoms with van der Waals surface area (Å²) in [6, 6.07) is 14.6. The van der Waals surface area contributed by atoms with Crippen LogP contribution in [0.25, 0.3) is 0 Å². The lowest BCUT2D eigenvalue weighted by molar-refractivity contribution is 0.103. The standard InChI is InChI=1S/C16H11BrN2O2S/c17-11-3-1-4-13(9-11)21-15-7-6-12(10-18-15)19-16(20)14-5-2-8-22-14/h1-10H,(H,19,20). The Morgan fingerprint density at radius 2 is 2.09 bits per heavy atom. The van der Waals surface area contributed by atoms with Crippen molar-refractivity contribution in [3.8, 4) is 11.6 Å². The first-order chi connectivity index (χ1) is 10.7. The maximum atomic E-state index is 11.9. The summed E-state index contributed by atoms with van der Waals surface area (Å²) in [6.45, 7) is 0. The van der Waals surface area contributed by atoms with E-state index in [2.05, 4.69) is 26.2 Å². The maximum absolute atomic E-state index is 11.9. The van der Waals surface area contributed by atoms with Crippen molar-refractivity contribution < 1.29 is 9.53 Å². The molecule has 0 aliphatic heterocycles. The van der Waals surface area contributed by atoms with E-state index in [1.807, 2.05) is 35.7 Å². The Kier molecular flexibility index (Phi) is 4.50. The van der Waals surface area contributed by atoms with Crippen LogP contribution in [0, 0.1) is 0 Å². The molecular formula is C16H11BrN2O2S. The number of thiophene rings is 1. The maximum Gasteiger partial charge on any atom is 0.265 e. The topological polar surface area (TPSA) is 51.2 Å². The molecule has 0 atom stereocenters. The van der Waals surface area contributed by atoms with E-state index in [0.29, 0.717) is 22.2 Å². The van der Waals surface area contributed by atoms with E-state index in [1.54, 1.807) is 24.4 Å². The zero-order chi connectivity index (χ0) is 15.4. The lowest BCUT2D eigenvalue weighted by Gasteiger charge is -2.07. The number of pyridine rings is 1. The highest BCUT2D eigenvalue weighted by Gasteiger charge is 2.07. The monoisotopic (exact) mass is 374 g/mol. The highest BCUT2D eigenvalue weighted by Crippen LogP contribution is 2.23. The van der Waals surface area contributed by atoms with Gasteiger partial charge in [0.25, 0.3) is 5.91 Å². The molecule has 3 aromatic rings. The Morgan fingerprint density at radius 1 is 1.18 bits per heavy atom. The number of carbonyl (C=O) groups excluding carboxylic acids is 1. The molecule has 0 saturated carbocycles. The zero-order valence-corrected chi connectivity index (χ0v) is 13.7. The lowest BCUT2D eigenvalue weighted by atomic mass is 10.3. The van der Waals surface area contributed by atoms with Crippen LogP contribution in [-0.4, -0.2) is 10.9 Å². The second kappa shape index (κ2) is 6.72. The first-order valence-electron chi connectivity index (χ1n) is 6.45. The molecule has 110 valence electrons. The number of nitrogens with zero attached hydrogens (tertiary/aromatic N) is 1. The van der Waals surface area contributed by atoms with E-state index in [4.69, 9.17) is 4.74 Å². The Bertz CT molecular complexity index is 773. The molecule has 0 spiro atoms. The number of aromatic nitrogens is 1. The average Bonchev–Trinajstić information content (AvgIpc) is 3.04. The number of nitrogens with one attached hydrogen (secondary N) is 1. The molecule has 0 aliphatic carbocycles. The molecule has 0 unspecified atom stereocenters. The Labute approximate surface area is 139 Å². The average molecular weight is 375 g/mol. The predicted molar refractivity (Wildman–Crippen MR) is 90.7 cm³/mol. The summed E-state index contributed by atoms with van der Waals surface area (Å²) in [7, 11) is 0. The summed E-state index contributed by atoms with van der Waals surface area (Å²) < 4.78 is 6.57. The minimum atomic E-state index is -0.141. The van der Waals surface area contributed by atoms with Gasteiger partial charge >= 0.3 is 0 Å². The highest BCUT2D eigenvalue weighted by molar-refractivity contribution is 9.10. The van der Waals surface area contributed by atoms with Crippen molar-refractivity contribution in [1.29, 1.82) is 0 Å². The van der Waals surface area contributed by atoms with Gasteiger partial charge in [-0.25, -0.2) is 4.98 Å². The third-order valence-electron chi connectivity index (χ3n) is 2.76. The van der Waals surface area contributed by atoms with E-state index in [9.17, 15) is 4.79 Å². The number of amides is 1. The molecule has 4 nitrogen and oxygen atoms in total. The number of hydrogen-bond acceptors (Lipinski definition) is 4. The van der Waals surface area contributed by atoms with Crippen molar-refractivity contribution in [3.05, 3.63) is 69.5 Å². The van der Waals surface area contributed by atoms with Crippen LogP contribution in [0.3, 0.4) is 0 Å². The van der Waals surface area contributed by atoms with Crippen LogP contribution in [0.5, 0.6) is 11.6 Å². The molecule has 2 aromatic heterocycles. The van der Waals surface area contributed by atoms with E-state index in [-0.39, 0.29) is 5.91 Å². The van der Waals surface area contributed by atoms with Gasteiger partial charge in [0.2, 0.25) is 5.88 Å². The van der Waals surface area contributed by atoms with E-state index >= 15 is 0 Å². The fraction of sp³-hybridized carbons (Fsp3) is 0. The van der Waals surface area contributed by atoms with Gasteiger partial charge in [0.05, 0.1) is 16.8 Å². The Morgan fingerprint density at radius 3 is 2.77 bits per heavy atom. The summed E-state index contributed by atoms with van der Waals surface area (Å²) in [5, 5.41) is 4.65. The van der Waals surface area contributed by atoms with Crippen molar-refractivity contribution in [2.24, 2.45) is 0 Å². The van der Waals surface area contributed by atoms with Gasteiger partial charge in [-0.3, -0.25) is 4.79 Å². The predicted octanol–water partition coefficient (Wildman–Crippen LogP) is 4.95. The molecule has 1 N–H and O–H groups in total. The fourth-order valence-corrected chi connectivity index (χ4v) is 2.76. The van der Waals surface area contributed by atoms with Gasteiger partial charge in [-0.1, -0.05) is 28.1 Å². The highest BCUT2D eigenvalue weighted by atomic mass is 79.9. The first kappa shape index (κ1) is 14.7.